The molecule has 0 bridgehead atoms. The van der Waals surface area contributed by atoms with Gasteiger partial charge in [-0.3, -0.25) is 4.79 Å². The van der Waals surface area contributed by atoms with Gasteiger partial charge in [-0.1, -0.05) is 17.7 Å². The minimum Gasteiger partial charge on any atom is -0.471 e. The van der Waals surface area contributed by atoms with Crippen molar-refractivity contribution in [1.82, 2.24) is 15.0 Å². The largest absolute Gasteiger partial charge is 0.471 e. The molecule has 1 aliphatic heterocycles. The number of halogens is 3. The molecule has 0 radical (unpaired) electrons. The molecular weight excluding hydrogens is 454 g/mol. The Kier molecular flexibility index (Phi) is 5.55. The maximum atomic E-state index is 13.8. The van der Waals surface area contributed by atoms with E-state index >= 15 is 0 Å². The molecule has 0 saturated carbocycles. The number of hydrogen-bond acceptors (Lipinski definition) is 5. The van der Waals surface area contributed by atoms with Gasteiger partial charge in [-0.15, -0.1) is 0 Å². The van der Waals surface area contributed by atoms with Crippen molar-refractivity contribution in [2.24, 2.45) is 0 Å². The predicted molar refractivity (Wildman–Crippen MR) is 118 cm³/mol. The first-order chi connectivity index (χ1) is 16.0. The Hall–Kier alpha value is -3.72. The van der Waals surface area contributed by atoms with Crippen LogP contribution >= 0.6 is 11.6 Å². The number of H-pyrrole nitrogens is 1. The summed E-state index contributed by atoms with van der Waals surface area (Å²) in [5.74, 6) is -0.822. The van der Waals surface area contributed by atoms with Crippen molar-refractivity contribution in [1.29, 1.82) is 0 Å². The average Bonchev–Trinajstić information content (AvgIpc) is 3.39. The second-order valence-corrected chi connectivity index (χ2v) is 7.83. The second kappa shape index (κ2) is 8.67. The molecule has 1 N–H and O–H groups in total. The highest BCUT2D eigenvalue weighted by Crippen LogP contribution is 2.30. The maximum absolute atomic E-state index is 13.8. The van der Waals surface area contributed by atoms with Crippen LogP contribution in [0.5, 0.6) is 17.6 Å². The summed E-state index contributed by atoms with van der Waals surface area (Å²) in [6.45, 7) is 0.333. The van der Waals surface area contributed by atoms with E-state index in [0.29, 0.717) is 24.2 Å². The van der Waals surface area contributed by atoms with Gasteiger partial charge in [0.2, 0.25) is 11.8 Å². The number of aromatic nitrogens is 3. The minimum atomic E-state index is -0.720. The van der Waals surface area contributed by atoms with Crippen LogP contribution in [0.15, 0.2) is 48.5 Å². The molecule has 0 spiro atoms. The van der Waals surface area contributed by atoms with E-state index in [1.807, 2.05) is 12.1 Å². The SMILES string of the molecule is O=C1CCCN1c1ccc(Oc2nc3nc(OCc4c(F)cccc4F)c(Cl)cc3[nH]2)cc1. The van der Waals surface area contributed by atoms with E-state index < -0.39 is 11.6 Å². The standard InChI is InChI=1S/C23H17ClF2N4O3/c24-16-11-19-21(28-22(16)32-12-15-17(25)3-1-4-18(15)26)29-23(27-19)33-14-8-6-13(7-9-14)30-10-2-5-20(30)31/h1,3-4,6-9,11H,2,5,10,12H2,(H,27,28,29). The van der Waals surface area contributed by atoms with Crippen molar-refractivity contribution in [2.75, 3.05) is 11.4 Å². The summed E-state index contributed by atoms with van der Waals surface area (Å²) in [5.41, 5.74) is 1.35. The number of fused-ring (bicyclic) bond motifs is 1. The summed E-state index contributed by atoms with van der Waals surface area (Å²) in [6.07, 6.45) is 1.42. The number of ether oxygens (including phenoxy) is 2. The number of benzene rings is 2. The molecule has 2 aromatic heterocycles. The number of hydrogen-bond donors (Lipinski definition) is 1. The molecule has 1 aliphatic rings. The van der Waals surface area contributed by atoms with Crippen molar-refractivity contribution >= 4 is 34.4 Å². The Bertz CT molecular complexity index is 1320. The Morgan fingerprint density at radius 1 is 1.09 bits per heavy atom. The number of carbonyl (C=O) groups excluding carboxylic acids is 1. The highest BCUT2D eigenvalue weighted by Gasteiger charge is 2.21. The number of carbonyl (C=O) groups is 1. The minimum absolute atomic E-state index is 0.00972. The summed E-state index contributed by atoms with van der Waals surface area (Å²) >= 11 is 6.21. The van der Waals surface area contributed by atoms with Gasteiger partial charge in [0.05, 0.1) is 11.1 Å². The number of rotatable bonds is 6. The second-order valence-electron chi connectivity index (χ2n) is 7.42. The topological polar surface area (TPSA) is 80.3 Å². The lowest BCUT2D eigenvalue weighted by atomic mass is 10.2. The van der Waals surface area contributed by atoms with Crippen LogP contribution in [0.25, 0.3) is 11.2 Å². The van der Waals surface area contributed by atoms with E-state index in [2.05, 4.69) is 15.0 Å². The van der Waals surface area contributed by atoms with Gasteiger partial charge < -0.3 is 19.4 Å². The Balaban J connectivity index is 1.32. The molecule has 0 aliphatic carbocycles. The van der Waals surface area contributed by atoms with Gasteiger partial charge in [0.15, 0.2) is 5.65 Å². The van der Waals surface area contributed by atoms with Crippen LogP contribution in [0, 0.1) is 11.6 Å². The summed E-state index contributed by atoms with van der Waals surface area (Å²) < 4.78 is 38.8. The molecule has 3 heterocycles. The fraction of sp³-hybridized carbons (Fsp3) is 0.174. The molecule has 2 aromatic carbocycles. The lowest BCUT2D eigenvalue weighted by Crippen LogP contribution is -2.23. The van der Waals surface area contributed by atoms with Crippen LogP contribution in [0.2, 0.25) is 5.02 Å². The predicted octanol–water partition coefficient (Wildman–Crippen LogP) is 5.39. The van der Waals surface area contributed by atoms with Gasteiger partial charge in [0, 0.05) is 18.7 Å². The third-order valence-corrected chi connectivity index (χ3v) is 5.49. The molecule has 1 saturated heterocycles. The Labute approximate surface area is 191 Å². The number of imidazole rings is 1. The molecule has 1 amide bonds. The highest BCUT2D eigenvalue weighted by atomic mass is 35.5. The summed E-state index contributed by atoms with van der Waals surface area (Å²) in [7, 11) is 0. The lowest BCUT2D eigenvalue weighted by Gasteiger charge is -2.15. The van der Waals surface area contributed by atoms with Gasteiger partial charge in [-0.05, 0) is 48.9 Å². The van der Waals surface area contributed by atoms with E-state index in [4.69, 9.17) is 21.1 Å². The van der Waals surface area contributed by atoms with Crippen molar-refractivity contribution in [3.05, 3.63) is 70.8 Å². The first-order valence-electron chi connectivity index (χ1n) is 10.2. The zero-order chi connectivity index (χ0) is 22.9. The summed E-state index contributed by atoms with van der Waals surface area (Å²) in [4.78, 5) is 25.1. The number of nitrogens with one attached hydrogen (secondary N) is 1. The monoisotopic (exact) mass is 470 g/mol. The third-order valence-electron chi connectivity index (χ3n) is 5.22. The van der Waals surface area contributed by atoms with E-state index in [0.717, 1.165) is 24.2 Å². The normalized spacial score (nSPS) is 13.7. The molecule has 5 rings (SSSR count). The molecule has 1 fully saturated rings. The molecule has 0 atom stereocenters. The summed E-state index contributed by atoms with van der Waals surface area (Å²) in [6, 6.07) is 12.4. The van der Waals surface area contributed by atoms with Crippen LogP contribution in [0.3, 0.4) is 0 Å². The van der Waals surface area contributed by atoms with Crippen molar-refractivity contribution in [3.63, 3.8) is 0 Å². The van der Waals surface area contributed by atoms with Gasteiger partial charge >= 0.3 is 6.01 Å². The zero-order valence-corrected chi connectivity index (χ0v) is 17.9. The van der Waals surface area contributed by atoms with Gasteiger partial charge in [-0.2, -0.15) is 9.97 Å². The quantitative estimate of drug-likeness (QED) is 0.409. The van der Waals surface area contributed by atoms with E-state index in [1.54, 1.807) is 23.1 Å². The lowest BCUT2D eigenvalue weighted by molar-refractivity contribution is -0.117. The first kappa shape index (κ1) is 21.1. The van der Waals surface area contributed by atoms with Crippen molar-refractivity contribution in [2.45, 2.75) is 19.4 Å². The smallest absolute Gasteiger partial charge is 0.301 e. The van der Waals surface area contributed by atoms with Crippen LogP contribution in [-0.2, 0) is 11.4 Å². The highest BCUT2D eigenvalue weighted by molar-refractivity contribution is 6.32. The van der Waals surface area contributed by atoms with Crippen LogP contribution in [0.4, 0.5) is 14.5 Å². The molecule has 33 heavy (non-hydrogen) atoms. The van der Waals surface area contributed by atoms with Gasteiger partial charge in [0.1, 0.15) is 29.0 Å². The summed E-state index contributed by atoms with van der Waals surface area (Å²) in [5, 5.41) is 0.147. The molecular formula is C23H17ClF2N4O3. The molecule has 10 heteroatoms. The van der Waals surface area contributed by atoms with Crippen LogP contribution in [-0.4, -0.2) is 27.4 Å². The van der Waals surface area contributed by atoms with E-state index in [9.17, 15) is 13.6 Å². The van der Waals surface area contributed by atoms with Crippen molar-refractivity contribution in [3.8, 4) is 17.6 Å². The number of pyridine rings is 1. The molecule has 7 nitrogen and oxygen atoms in total. The number of amides is 1. The number of anilines is 1. The maximum Gasteiger partial charge on any atom is 0.301 e. The van der Waals surface area contributed by atoms with Crippen LogP contribution in [0.1, 0.15) is 18.4 Å². The fourth-order valence-corrected chi connectivity index (χ4v) is 3.77. The number of aromatic amines is 1. The first-order valence-corrected chi connectivity index (χ1v) is 10.6. The fourth-order valence-electron chi connectivity index (χ4n) is 3.57. The zero-order valence-electron chi connectivity index (χ0n) is 17.1. The van der Waals surface area contributed by atoms with Gasteiger partial charge in [0.25, 0.3) is 0 Å². The number of nitrogens with zero attached hydrogens (tertiary/aromatic N) is 3. The Morgan fingerprint density at radius 2 is 1.85 bits per heavy atom. The molecule has 168 valence electrons. The van der Waals surface area contributed by atoms with Gasteiger partial charge in [-0.25, -0.2) is 8.78 Å². The average molecular weight is 471 g/mol. The Morgan fingerprint density at radius 3 is 2.55 bits per heavy atom. The molecule has 0 unspecified atom stereocenters. The third kappa shape index (κ3) is 4.31. The molecule has 4 aromatic rings. The van der Waals surface area contributed by atoms with E-state index in [-0.39, 0.29) is 40.6 Å². The van der Waals surface area contributed by atoms with E-state index in [1.165, 1.54) is 6.07 Å². The van der Waals surface area contributed by atoms with Crippen molar-refractivity contribution < 1.29 is 23.0 Å². The van der Waals surface area contributed by atoms with Crippen LogP contribution < -0.4 is 14.4 Å².